The monoisotopic (exact) mass is 371 g/mol. The first kappa shape index (κ1) is 18.9. The number of benzene rings is 1. The van der Waals surface area contributed by atoms with E-state index in [1.54, 1.807) is 6.92 Å². The lowest BCUT2D eigenvalue weighted by atomic mass is 9.72. The lowest BCUT2D eigenvalue weighted by molar-refractivity contribution is 0.0525. The van der Waals surface area contributed by atoms with Crippen LogP contribution in [0, 0.1) is 0 Å². The number of carbonyl (C=O) groups is 1. The van der Waals surface area contributed by atoms with Gasteiger partial charge in [-0.3, -0.25) is 0 Å². The summed E-state index contributed by atoms with van der Waals surface area (Å²) in [4.78, 5) is 20.2. The standard InChI is InChI=1S/C18H19N3O4.C2H6/c1-2-23-16(22)12-9-19-17(20-10-12)21-18(6-3-7-18)13-4-5-14-15(8-13)25-11-24-14;1-2/h4-5,8-10H,2-3,6-7,11H2,1H3,(H,19,20,21);1-2H3. The average Bonchev–Trinajstić information content (AvgIpc) is 3.15. The van der Waals surface area contributed by atoms with Gasteiger partial charge in [-0.25, -0.2) is 14.8 Å². The molecule has 1 aromatic carbocycles. The summed E-state index contributed by atoms with van der Waals surface area (Å²) < 4.78 is 15.8. The molecule has 1 saturated carbocycles. The van der Waals surface area contributed by atoms with Crippen LogP contribution in [0.4, 0.5) is 5.95 Å². The molecule has 0 atom stereocenters. The van der Waals surface area contributed by atoms with Gasteiger partial charge in [0, 0.05) is 12.4 Å². The van der Waals surface area contributed by atoms with Crippen molar-refractivity contribution in [2.24, 2.45) is 0 Å². The van der Waals surface area contributed by atoms with Gasteiger partial charge in [-0.1, -0.05) is 19.9 Å². The fourth-order valence-electron chi connectivity index (χ4n) is 3.14. The van der Waals surface area contributed by atoms with Gasteiger partial charge in [0.15, 0.2) is 11.5 Å². The molecule has 0 spiro atoms. The van der Waals surface area contributed by atoms with Crippen LogP contribution in [0.5, 0.6) is 11.5 Å². The molecule has 7 nitrogen and oxygen atoms in total. The molecule has 27 heavy (non-hydrogen) atoms. The lowest BCUT2D eigenvalue weighted by Gasteiger charge is -2.43. The van der Waals surface area contributed by atoms with Crippen molar-refractivity contribution >= 4 is 11.9 Å². The van der Waals surface area contributed by atoms with E-state index in [4.69, 9.17) is 14.2 Å². The van der Waals surface area contributed by atoms with Gasteiger partial charge >= 0.3 is 5.97 Å². The van der Waals surface area contributed by atoms with E-state index in [1.165, 1.54) is 12.4 Å². The Hall–Kier alpha value is -2.83. The molecule has 144 valence electrons. The van der Waals surface area contributed by atoms with Crippen LogP contribution in [0.15, 0.2) is 30.6 Å². The summed E-state index contributed by atoms with van der Waals surface area (Å²) in [6.45, 7) is 6.35. The molecule has 0 unspecified atom stereocenters. The Bertz CT molecular complexity index is 788. The van der Waals surface area contributed by atoms with Crippen LogP contribution < -0.4 is 14.8 Å². The summed E-state index contributed by atoms with van der Waals surface area (Å²) in [5, 5.41) is 3.43. The normalized spacial score (nSPS) is 15.8. The molecule has 1 N–H and O–H groups in total. The number of nitrogens with one attached hydrogen (secondary N) is 1. The maximum atomic E-state index is 11.7. The van der Waals surface area contributed by atoms with E-state index in [0.29, 0.717) is 18.1 Å². The van der Waals surface area contributed by atoms with Crippen molar-refractivity contribution in [1.29, 1.82) is 0 Å². The van der Waals surface area contributed by atoms with Crippen molar-refractivity contribution in [3.05, 3.63) is 41.7 Å². The van der Waals surface area contributed by atoms with Gasteiger partial charge < -0.3 is 19.5 Å². The first-order valence-electron chi connectivity index (χ1n) is 9.38. The minimum atomic E-state index is -0.414. The van der Waals surface area contributed by atoms with Crippen LogP contribution in [0.1, 0.15) is 56.0 Å². The van der Waals surface area contributed by atoms with E-state index < -0.39 is 5.97 Å². The van der Waals surface area contributed by atoms with Crippen LogP contribution in [-0.4, -0.2) is 29.3 Å². The van der Waals surface area contributed by atoms with Gasteiger partial charge in [-0.2, -0.15) is 0 Å². The second kappa shape index (κ2) is 8.24. The summed E-state index contributed by atoms with van der Waals surface area (Å²) in [6.07, 6.45) is 6.06. The Morgan fingerprint density at radius 3 is 2.52 bits per heavy atom. The summed E-state index contributed by atoms with van der Waals surface area (Å²) in [5.41, 5.74) is 1.26. The molecule has 0 bridgehead atoms. The van der Waals surface area contributed by atoms with Crippen molar-refractivity contribution in [3.63, 3.8) is 0 Å². The van der Waals surface area contributed by atoms with Gasteiger partial charge in [0.25, 0.3) is 0 Å². The minimum absolute atomic E-state index is 0.216. The first-order chi connectivity index (χ1) is 13.2. The highest BCUT2D eigenvalue weighted by atomic mass is 16.7. The number of hydrogen-bond acceptors (Lipinski definition) is 7. The smallest absolute Gasteiger partial charge is 0.341 e. The Labute approximate surface area is 159 Å². The molecule has 2 aromatic rings. The van der Waals surface area contributed by atoms with Gasteiger partial charge in [-0.05, 0) is 43.9 Å². The molecule has 1 aliphatic heterocycles. The summed E-state index contributed by atoms with van der Waals surface area (Å²) in [7, 11) is 0. The lowest BCUT2D eigenvalue weighted by Crippen LogP contribution is -2.42. The molecule has 1 fully saturated rings. The number of anilines is 1. The third-order valence-electron chi connectivity index (χ3n) is 4.65. The van der Waals surface area contributed by atoms with Gasteiger partial charge in [0.2, 0.25) is 12.7 Å². The van der Waals surface area contributed by atoms with Crippen LogP contribution >= 0.6 is 0 Å². The Balaban J connectivity index is 0.00000102. The number of carbonyl (C=O) groups excluding carboxylic acids is 1. The second-order valence-electron chi connectivity index (χ2n) is 6.14. The molecule has 0 saturated heterocycles. The number of hydrogen-bond donors (Lipinski definition) is 1. The van der Waals surface area contributed by atoms with Crippen molar-refractivity contribution in [3.8, 4) is 11.5 Å². The summed E-state index contributed by atoms with van der Waals surface area (Å²) in [6, 6.07) is 6.00. The van der Waals surface area contributed by atoms with Crippen molar-refractivity contribution in [1.82, 2.24) is 9.97 Å². The van der Waals surface area contributed by atoms with E-state index in [1.807, 2.05) is 32.0 Å². The number of esters is 1. The Kier molecular flexibility index (Phi) is 5.78. The molecule has 1 aromatic heterocycles. The predicted octanol–water partition coefficient (Wildman–Crippen LogP) is 3.90. The zero-order valence-electron chi connectivity index (χ0n) is 15.9. The maximum absolute atomic E-state index is 11.7. The van der Waals surface area contributed by atoms with E-state index in [2.05, 4.69) is 15.3 Å². The number of aromatic nitrogens is 2. The van der Waals surface area contributed by atoms with E-state index in [9.17, 15) is 4.79 Å². The van der Waals surface area contributed by atoms with Crippen LogP contribution in [0.2, 0.25) is 0 Å². The SMILES string of the molecule is CC.CCOC(=O)c1cnc(NC2(c3ccc4c(c3)OCO4)CCC2)nc1. The third kappa shape index (κ3) is 3.82. The largest absolute Gasteiger partial charge is 0.462 e. The highest BCUT2D eigenvalue weighted by Gasteiger charge is 2.40. The minimum Gasteiger partial charge on any atom is -0.462 e. The van der Waals surface area contributed by atoms with E-state index >= 15 is 0 Å². The molecular formula is C20H25N3O4. The average molecular weight is 371 g/mol. The van der Waals surface area contributed by atoms with Gasteiger partial charge in [0.1, 0.15) is 0 Å². The zero-order valence-corrected chi connectivity index (χ0v) is 15.9. The van der Waals surface area contributed by atoms with E-state index in [-0.39, 0.29) is 12.3 Å². The van der Waals surface area contributed by atoms with Gasteiger partial charge in [-0.15, -0.1) is 0 Å². The quantitative estimate of drug-likeness (QED) is 0.798. The maximum Gasteiger partial charge on any atom is 0.341 e. The zero-order chi connectivity index (χ0) is 19.3. The Morgan fingerprint density at radius 2 is 1.89 bits per heavy atom. The van der Waals surface area contributed by atoms with Crippen LogP contribution in [0.3, 0.4) is 0 Å². The fourth-order valence-corrected chi connectivity index (χ4v) is 3.14. The van der Waals surface area contributed by atoms with Crippen LogP contribution in [0.25, 0.3) is 0 Å². The number of nitrogens with zero attached hydrogens (tertiary/aromatic N) is 2. The number of fused-ring (bicyclic) bond motifs is 1. The van der Waals surface area contributed by atoms with Crippen molar-refractivity contribution in [2.75, 3.05) is 18.7 Å². The highest BCUT2D eigenvalue weighted by molar-refractivity contribution is 5.88. The molecule has 0 amide bonds. The summed E-state index contributed by atoms with van der Waals surface area (Å²) in [5.74, 6) is 1.62. The van der Waals surface area contributed by atoms with Crippen LogP contribution in [-0.2, 0) is 10.3 Å². The van der Waals surface area contributed by atoms with Crippen molar-refractivity contribution < 1.29 is 19.0 Å². The molecule has 2 aliphatic rings. The van der Waals surface area contributed by atoms with Crippen molar-refractivity contribution in [2.45, 2.75) is 45.6 Å². The van der Waals surface area contributed by atoms with Gasteiger partial charge in [0.05, 0.1) is 17.7 Å². The molecule has 1 aliphatic carbocycles. The first-order valence-corrected chi connectivity index (χ1v) is 9.38. The molecule has 0 radical (unpaired) electrons. The summed E-state index contributed by atoms with van der Waals surface area (Å²) >= 11 is 0. The second-order valence-corrected chi connectivity index (χ2v) is 6.14. The molecule has 2 heterocycles. The number of rotatable bonds is 5. The molecule has 7 heteroatoms. The Morgan fingerprint density at radius 1 is 1.19 bits per heavy atom. The van der Waals surface area contributed by atoms with E-state index in [0.717, 1.165) is 36.3 Å². The third-order valence-corrected chi connectivity index (χ3v) is 4.65. The predicted molar refractivity (Wildman–Crippen MR) is 101 cm³/mol. The molecule has 4 rings (SSSR count). The highest BCUT2D eigenvalue weighted by Crippen LogP contribution is 2.46. The number of ether oxygens (including phenoxy) is 3. The fraction of sp³-hybridized carbons (Fsp3) is 0.450. The molecular weight excluding hydrogens is 346 g/mol. The topological polar surface area (TPSA) is 82.6 Å².